The molecule has 3 heterocycles. The number of carbonyl (C=O) groups excluding carboxylic acids is 1. The van der Waals surface area contributed by atoms with Crippen LogP contribution in [0.25, 0.3) is 11.4 Å². The molecule has 1 aliphatic rings. The van der Waals surface area contributed by atoms with E-state index in [1.165, 1.54) is 0 Å². The van der Waals surface area contributed by atoms with Crippen LogP contribution < -0.4 is 4.90 Å². The van der Waals surface area contributed by atoms with Crippen LogP contribution in [-0.2, 0) is 0 Å². The van der Waals surface area contributed by atoms with Crippen LogP contribution in [0.4, 0.5) is 5.82 Å². The fraction of sp³-hybridized carbons (Fsp3) is 0.391. The molecule has 0 unspecified atom stereocenters. The van der Waals surface area contributed by atoms with Crippen molar-refractivity contribution in [3.05, 3.63) is 54.0 Å². The van der Waals surface area contributed by atoms with E-state index in [9.17, 15) is 4.79 Å². The molecule has 2 aromatic heterocycles. The SMILES string of the molecule is CCSc1ccccc1C(=O)N1CCN(c2ccc(-c3noc(C(C)C)n3)cn2)CC1. The van der Waals surface area contributed by atoms with Crippen LogP contribution in [0.1, 0.15) is 42.9 Å². The molecule has 4 rings (SSSR count). The highest BCUT2D eigenvalue weighted by molar-refractivity contribution is 7.99. The zero-order valence-electron chi connectivity index (χ0n) is 18.1. The molecule has 0 atom stereocenters. The van der Waals surface area contributed by atoms with Crippen LogP contribution >= 0.6 is 11.8 Å². The van der Waals surface area contributed by atoms with Gasteiger partial charge in [-0.1, -0.05) is 38.1 Å². The van der Waals surface area contributed by atoms with Crippen LogP contribution in [0.3, 0.4) is 0 Å². The molecule has 3 aromatic rings. The van der Waals surface area contributed by atoms with Crippen LogP contribution in [0.2, 0.25) is 0 Å². The monoisotopic (exact) mass is 437 g/mol. The third kappa shape index (κ3) is 4.74. The summed E-state index contributed by atoms with van der Waals surface area (Å²) >= 11 is 1.71. The number of hydrogen-bond donors (Lipinski definition) is 0. The molecule has 1 saturated heterocycles. The second-order valence-electron chi connectivity index (χ2n) is 7.72. The van der Waals surface area contributed by atoms with Crippen LogP contribution in [0.5, 0.6) is 0 Å². The molecule has 7 nitrogen and oxygen atoms in total. The minimum absolute atomic E-state index is 0.109. The first-order chi connectivity index (χ1) is 15.1. The Morgan fingerprint density at radius 3 is 2.55 bits per heavy atom. The number of rotatable bonds is 6. The largest absolute Gasteiger partial charge is 0.353 e. The summed E-state index contributed by atoms with van der Waals surface area (Å²) in [5, 5.41) is 4.04. The molecule has 0 radical (unpaired) electrons. The molecule has 0 aliphatic carbocycles. The van der Waals surface area contributed by atoms with E-state index in [1.54, 1.807) is 18.0 Å². The van der Waals surface area contributed by atoms with Crippen molar-refractivity contribution in [3.8, 4) is 11.4 Å². The minimum Gasteiger partial charge on any atom is -0.353 e. The molecule has 31 heavy (non-hydrogen) atoms. The molecular weight excluding hydrogens is 410 g/mol. The quantitative estimate of drug-likeness (QED) is 0.531. The fourth-order valence-electron chi connectivity index (χ4n) is 3.53. The molecule has 1 amide bonds. The average Bonchev–Trinajstić information content (AvgIpc) is 3.30. The number of carbonyl (C=O) groups is 1. The Kier molecular flexibility index (Phi) is 6.56. The molecule has 162 valence electrons. The number of thioether (sulfide) groups is 1. The van der Waals surface area contributed by atoms with Crippen LogP contribution in [0, 0.1) is 0 Å². The van der Waals surface area contributed by atoms with Crippen molar-refractivity contribution in [2.75, 3.05) is 36.8 Å². The van der Waals surface area contributed by atoms with E-state index in [0.717, 1.165) is 40.7 Å². The van der Waals surface area contributed by atoms with Gasteiger partial charge in [0.1, 0.15) is 5.82 Å². The molecule has 0 saturated carbocycles. The number of anilines is 1. The lowest BCUT2D eigenvalue weighted by Crippen LogP contribution is -2.49. The molecule has 0 spiro atoms. The first-order valence-corrected chi connectivity index (χ1v) is 11.6. The highest BCUT2D eigenvalue weighted by Crippen LogP contribution is 2.25. The van der Waals surface area contributed by atoms with Gasteiger partial charge in [0.15, 0.2) is 0 Å². The standard InChI is InChI=1S/C23H27N5O2S/c1-4-31-19-8-6-5-7-18(19)23(29)28-13-11-27(12-14-28)20-10-9-17(15-24-20)21-25-22(16(2)3)30-26-21/h5-10,15-16H,4,11-14H2,1-3H3. The maximum Gasteiger partial charge on any atom is 0.255 e. The van der Waals surface area contributed by atoms with E-state index < -0.39 is 0 Å². The summed E-state index contributed by atoms with van der Waals surface area (Å²) < 4.78 is 5.28. The zero-order valence-corrected chi connectivity index (χ0v) is 18.9. The summed E-state index contributed by atoms with van der Waals surface area (Å²) in [5.41, 5.74) is 1.63. The van der Waals surface area contributed by atoms with Gasteiger partial charge in [-0.05, 0) is 30.0 Å². The van der Waals surface area contributed by atoms with E-state index in [1.807, 2.05) is 55.1 Å². The van der Waals surface area contributed by atoms with Gasteiger partial charge < -0.3 is 14.3 Å². The Morgan fingerprint density at radius 1 is 1.13 bits per heavy atom. The second kappa shape index (κ2) is 9.51. The van der Waals surface area contributed by atoms with Gasteiger partial charge in [0.05, 0.1) is 5.56 Å². The molecule has 0 N–H and O–H groups in total. The molecule has 1 aliphatic heterocycles. The van der Waals surface area contributed by atoms with Crippen molar-refractivity contribution >= 4 is 23.5 Å². The van der Waals surface area contributed by atoms with E-state index in [4.69, 9.17) is 4.52 Å². The lowest BCUT2D eigenvalue weighted by molar-refractivity contribution is 0.0743. The Balaban J connectivity index is 1.39. The van der Waals surface area contributed by atoms with Crippen molar-refractivity contribution in [2.45, 2.75) is 31.6 Å². The van der Waals surface area contributed by atoms with E-state index in [2.05, 4.69) is 26.9 Å². The Hall–Kier alpha value is -2.87. The zero-order chi connectivity index (χ0) is 21.8. The maximum absolute atomic E-state index is 13.0. The van der Waals surface area contributed by atoms with E-state index in [-0.39, 0.29) is 11.8 Å². The van der Waals surface area contributed by atoms with E-state index in [0.29, 0.717) is 24.8 Å². The number of hydrogen-bond acceptors (Lipinski definition) is 7. The van der Waals surface area contributed by atoms with Gasteiger partial charge in [-0.3, -0.25) is 4.79 Å². The van der Waals surface area contributed by atoms with Crippen LogP contribution in [-0.4, -0.2) is 57.9 Å². The number of amides is 1. The number of benzene rings is 1. The summed E-state index contributed by atoms with van der Waals surface area (Å²) in [7, 11) is 0. The molecule has 8 heteroatoms. The van der Waals surface area contributed by atoms with Crippen LogP contribution in [0.15, 0.2) is 52.0 Å². The number of nitrogens with zero attached hydrogens (tertiary/aromatic N) is 5. The summed E-state index contributed by atoms with van der Waals surface area (Å²) in [4.78, 5) is 27.3. The van der Waals surface area contributed by atoms with Crippen molar-refractivity contribution in [1.82, 2.24) is 20.0 Å². The molecule has 1 fully saturated rings. The summed E-state index contributed by atoms with van der Waals surface area (Å²) in [5.74, 6) is 3.33. The Bertz CT molecular complexity index is 1030. The number of pyridine rings is 1. The van der Waals surface area contributed by atoms with Crippen molar-refractivity contribution in [3.63, 3.8) is 0 Å². The van der Waals surface area contributed by atoms with Gasteiger partial charge in [-0.2, -0.15) is 4.98 Å². The lowest BCUT2D eigenvalue weighted by atomic mass is 10.1. The molecular formula is C23H27N5O2S. The maximum atomic E-state index is 13.0. The Morgan fingerprint density at radius 2 is 1.90 bits per heavy atom. The van der Waals surface area contributed by atoms with Gasteiger partial charge in [0, 0.05) is 48.8 Å². The van der Waals surface area contributed by atoms with Crippen molar-refractivity contribution in [1.29, 1.82) is 0 Å². The van der Waals surface area contributed by atoms with Gasteiger partial charge in [0.25, 0.3) is 5.91 Å². The molecule has 0 bridgehead atoms. The third-order valence-electron chi connectivity index (χ3n) is 5.25. The predicted octanol–water partition coefficient (Wildman–Crippen LogP) is 4.33. The number of piperazine rings is 1. The lowest BCUT2D eigenvalue weighted by Gasteiger charge is -2.35. The second-order valence-corrected chi connectivity index (χ2v) is 9.03. The average molecular weight is 438 g/mol. The van der Waals surface area contributed by atoms with Gasteiger partial charge in [0.2, 0.25) is 11.7 Å². The highest BCUT2D eigenvalue weighted by Gasteiger charge is 2.24. The summed E-state index contributed by atoms with van der Waals surface area (Å²) in [6, 6.07) is 11.8. The van der Waals surface area contributed by atoms with Gasteiger partial charge in [-0.25, -0.2) is 4.98 Å². The topological polar surface area (TPSA) is 75.4 Å². The summed E-state index contributed by atoms with van der Waals surface area (Å²) in [6.45, 7) is 8.99. The first-order valence-electron chi connectivity index (χ1n) is 10.6. The summed E-state index contributed by atoms with van der Waals surface area (Å²) in [6.07, 6.45) is 1.78. The Labute approximate surface area is 186 Å². The predicted molar refractivity (Wildman–Crippen MR) is 123 cm³/mol. The molecule has 1 aromatic carbocycles. The minimum atomic E-state index is 0.109. The highest BCUT2D eigenvalue weighted by atomic mass is 32.2. The smallest absolute Gasteiger partial charge is 0.255 e. The van der Waals surface area contributed by atoms with Gasteiger partial charge >= 0.3 is 0 Å². The van der Waals surface area contributed by atoms with Crippen molar-refractivity contribution in [2.24, 2.45) is 0 Å². The van der Waals surface area contributed by atoms with Crippen molar-refractivity contribution < 1.29 is 9.32 Å². The van der Waals surface area contributed by atoms with E-state index >= 15 is 0 Å². The number of aromatic nitrogens is 3. The first kappa shape index (κ1) is 21.4. The third-order valence-corrected chi connectivity index (χ3v) is 6.21. The normalized spacial score (nSPS) is 14.3. The van der Waals surface area contributed by atoms with Gasteiger partial charge in [-0.15, -0.1) is 11.8 Å². The fourth-order valence-corrected chi connectivity index (χ4v) is 4.32.